The highest BCUT2D eigenvalue weighted by molar-refractivity contribution is 5.99. The lowest BCUT2D eigenvalue weighted by atomic mass is 9.88. The molecule has 9 heteroatoms. The smallest absolute Gasteiger partial charge is 0.290 e. The van der Waals surface area contributed by atoms with Crippen molar-refractivity contribution in [3.8, 4) is 0 Å². The first-order valence-electron chi connectivity index (χ1n) is 11.3. The Balaban J connectivity index is 1.31. The molecule has 0 bridgehead atoms. The van der Waals surface area contributed by atoms with E-state index < -0.39 is 18.1 Å². The summed E-state index contributed by atoms with van der Waals surface area (Å²) >= 11 is 0. The third-order valence-electron chi connectivity index (χ3n) is 7.18. The van der Waals surface area contributed by atoms with Gasteiger partial charge >= 0.3 is 0 Å². The SMILES string of the molecule is O=C(N[C@H]1C[C@@H]2C(=O)N[C@H]3CCN(C(=O)c4ccco4)[C@@H]3C(=O)N2C1)C1CCCCC1. The van der Waals surface area contributed by atoms with E-state index in [1.54, 1.807) is 17.0 Å². The van der Waals surface area contributed by atoms with Gasteiger partial charge in [-0.15, -0.1) is 0 Å². The van der Waals surface area contributed by atoms with Gasteiger partial charge in [-0.1, -0.05) is 19.3 Å². The first kappa shape index (κ1) is 20.1. The monoisotopic (exact) mass is 428 g/mol. The summed E-state index contributed by atoms with van der Waals surface area (Å²) in [7, 11) is 0. The highest BCUT2D eigenvalue weighted by Gasteiger charge is 2.52. The van der Waals surface area contributed by atoms with E-state index in [4.69, 9.17) is 4.42 Å². The molecule has 166 valence electrons. The number of carbonyl (C=O) groups excluding carboxylic acids is 4. The van der Waals surface area contributed by atoms with E-state index in [2.05, 4.69) is 10.6 Å². The number of hydrogen-bond donors (Lipinski definition) is 2. The molecule has 2 N–H and O–H groups in total. The van der Waals surface area contributed by atoms with Gasteiger partial charge in [0.25, 0.3) is 5.91 Å². The summed E-state index contributed by atoms with van der Waals surface area (Å²) in [5, 5.41) is 6.05. The van der Waals surface area contributed by atoms with Gasteiger partial charge in [0.15, 0.2) is 5.76 Å². The first-order valence-corrected chi connectivity index (χ1v) is 11.3. The van der Waals surface area contributed by atoms with Crippen molar-refractivity contribution >= 4 is 23.6 Å². The molecule has 0 aromatic carbocycles. The maximum absolute atomic E-state index is 13.5. The van der Waals surface area contributed by atoms with Crippen molar-refractivity contribution in [2.75, 3.05) is 13.1 Å². The molecule has 31 heavy (non-hydrogen) atoms. The van der Waals surface area contributed by atoms with Crippen LogP contribution < -0.4 is 10.6 Å². The Kier molecular flexibility index (Phi) is 5.19. The van der Waals surface area contributed by atoms with Crippen LogP contribution in [0.25, 0.3) is 0 Å². The maximum atomic E-state index is 13.5. The predicted molar refractivity (Wildman–Crippen MR) is 109 cm³/mol. The van der Waals surface area contributed by atoms with Crippen molar-refractivity contribution < 1.29 is 23.6 Å². The molecule has 4 fully saturated rings. The average molecular weight is 428 g/mol. The molecule has 4 aliphatic rings. The minimum absolute atomic E-state index is 0.0271. The molecular formula is C22H28N4O5. The second kappa shape index (κ2) is 8.01. The van der Waals surface area contributed by atoms with Crippen molar-refractivity contribution in [2.24, 2.45) is 5.92 Å². The number of amides is 4. The Bertz CT molecular complexity index is 878. The minimum atomic E-state index is -0.751. The molecule has 1 aromatic rings. The van der Waals surface area contributed by atoms with Gasteiger partial charge in [0.1, 0.15) is 12.1 Å². The Morgan fingerprint density at radius 2 is 1.94 bits per heavy atom. The van der Waals surface area contributed by atoms with Crippen LogP contribution in [0.3, 0.4) is 0 Å². The van der Waals surface area contributed by atoms with E-state index in [-0.39, 0.29) is 41.3 Å². The molecule has 0 unspecified atom stereocenters. The van der Waals surface area contributed by atoms with Crippen LogP contribution >= 0.6 is 0 Å². The van der Waals surface area contributed by atoms with Crippen LogP contribution in [0.1, 0.15) is 55.5 Å². The molecule has 1 saturated carbocycles. The van der Waals surface area contributed by atoms with Crippen LogP contribution in [0.2, 0.25) is 0 Å². The Hall–Kier alpha value is -2.84. The second-order valence-corrected chi connectivity index (χ2v) is 9.11. The van der Waals surface area contributed by atoms with Gasteiger partial charge < -0.3 is 24.9 Å². The lowest BCUT2D eigenvalue weighted by molar-refractivity contribution is -0.138. The molecule has 0 spiro atoms. The predicted octanol–water partition coefficient (Wildman–Crippen LogP) is 0.659. The van der Waals surface area contributed by atoms with E-state index in [9.17, 15) is 19.2 Å². The molecule has 1 aromatic heterocycles. The van der Waals surface area contributed by atoms with Crippen molar-refractivity contribution in [2.45, 2.75) is 69.1 Å². The second-order valence-electron chi connectivity index (χ2n) is 9.11. The van der Waals surface area contributed by atoms with Crippen LogP contribution in [0.4, 0.5) is 0 Å². The molecule has 4 heterocycles. The summed E-state index contributed by atoms with van der Waals surface area (Å²) < 4.78 is 5.23. The fourth-order valence-corrected chi connectivity index (χ4v) is 5.58. The Labute approximate surface area is 180 Å². The minimum Gasteiger partial charge on any atom is -0.459 e. The highest BCUT2D eigenvalue weighted by atomic mass is 16.3. The number of likely N-dealkylation sites (tertiary alicyclic amines) is 1. The van der Waals surface area contributed by atoms with E-state index in [1.165, 1.54) is 17.6 Å². The zero-order valence-electron chi connectivity index (χ0n) is 17.4. The van der Waals surface area contributed by atoms with Crippen LogP contribution in [0.5, 0.6) is 0 Å². The van der Waals surface area contributed by atoms with Crippen molar-refractivity contribution in [3.05, 3.63) is 24.2 Å². The van der Waals surface area contributed by atoms with Crippen LogP contribution in [-0.2, 0) is 14.4 Å². The number of fused-ring (bicyclic) bond motifs is 2. The fourth-order valence-electron chi connectivity index (χ4n) is 5.58. The summed E-state index contributed by atoms with van der Waals surface area (Å²) in [6.07, 6.45) is 7.47. The van der Waals surface area contributed by atoms with E-state index >= 15 is 0 Å². The first-order chi connectivity index (χ1) is 15.0. The summed E-state index contributed by atoms with van der Waals surface area (Å²) in [5.74, 6) is -0.551. The van der Waals surface area contributed by atoms with Gasteiger partial charge in [-0.3, -0.25) is 19.2 Å². The average Bonchev–Trinajstić information content (AvgIpc) is 3.52. The maximum Gasteiger partial charge on any atom is 0.290 e. The third-order valence-corrected chi connectivity index (χ3v) is 7.18. The van der Waals surface area contributed by atoms with Gasteiger partial charge in [-0.25, -0.2) is 0 Å². The zero-order chi connectivity index (χ0) is 21.5. The van der Waals surface area contributed by atoms with Crippen LogP contribution in [0.15, 0.2) is 22.8 Å². The Morgan fingerprint density at radius 1 is 1.13 bits per heavy atom. The summed E-state index contributed by atoms with van der Waals surface area (Å²) in [6.45, 7) is 0.669. The molecule has 5 rings (SSSR count). The standard InChI is InChI=1S/C22H28N4O5/c27-19(13-5-2-1-3-6-13)23-14-11-16-20(28)24-15-8-9-25(18(15)22(30)26(16)12-14)21(29)17-7-4-10-31-17/h4,7,10,13-16,18H,1-3,5-6,8-9,11-12H2,(H,23,27)(H,24,28)/t14-,15-,16+,18-/m0/s1. The molecule has 3 saturated heterocycles. The highest BCUT2D eigenvalue weighted by Crippen LogP contribution is 2.31. The van der Waals surface area contributed by atoms with E-state index in [1.807, 2.05) is 0 Å². The summed E-state index contributed by atoms with van der Waals surface area (Å²) in [4.78, 5) is 54.9. The van der Waals surface area contributed by atoms with Gasteiger partial charge in [0.2, 0.25) is 17.7 Å². The molecule has 4 atom stereocenters. The lowest BCUT2D eigenvalue weighted by Gasteiger charge is -2.29. The largest absolute Gasteiger partial charge is 0.459 e. The molecule has 4 amide bonds. The molecular weight excluding hydrogens is 400 g/mol. The number of carbonyl (C=O) groups is 4. The molecule has 9 nitrogen and oxygen atoms in total. The molecule has 0 radical (unpaired) electrons. The summed E-state index contributed by atoms with van der Waals surface area (Å²) in [5.41, 5.74) is 0. The number of nitrogens with zero attached hydrogens (tertiary/aromatic N) is 2. The molecule has 3 aliphatic heterocycles. The Morgan fingerprint density at radius 3 is 2.68 bits per heavy atom. The van der Waals surface area contributed by atoms with E-state index in [0.717, 1.165) is 25.7 Å². The normalized spacial score (nSPS) is 31.1. The van der Waals surface area contributed by atoms with Gasteiger partial charge in [0, 0.05) is 25.0 Å². The number of rotatable bonds is 3. The number of hydrogen-bond acceptors (Lipinski definition) is 5. The zero-order valence-corrected chi connectivity index (χ0v) is 17.4. The molecule has 1 aliphatic carbocycles. The van der Waals surface area contributed by atoms with Gasteiger partial charge in [-0.05, 0) is 37.8 Å². The number of nitrogens with one attached hydrogen (secondary N) is 2. The lowest BCUT2D eigenvalue weighted by Crippen LogP contribution is -2.52. The summed E-state index contributed by atoms with van der Waals surface area (Å²) in [6, 6.07) is 1.19. The van der Waals surface area contributed by atoms with E-state index in [0.29, 0.717) is 25.9 Å². The fraction of sp³-hybridized carbons (Fsp3) is 0.636. The van der Waals surface area contributed by atoms with Gasteiger partial charge in [0.05, 0.1) is 12.3 Å². The topological polar surface area (TPSA) is 112 Å². The van der Waals surface area contributed by atoms with Crippen molar-refractivity contribution in [3.63, 3.8) is 0 Å². The van der Waals surface area contributed by atoms with Crippen LogP contribution in [-0.4, -0.2) is 70.7 Å². The van der Waals surface area contributed by atoms with Crippen molar-refractivity contribution in [1.82, 2.24) is 20.4 Å². The van der Waals surface area contributed by atoms with Crippen molar-refractivity contribution in [1.29, 1.82) is 0 Å². The number of furan rings is 1. The van der Waals surface area contributed by atoms with Crippen LogP contribution in [0, 0.1) is 5.92 Å². The third kappa shape index (κ3) is 3.59. The van der Waals surface area contributed by atoms with Gasteiger partial charge in [-0.2, -0.15) is 0 Å². The quantitative estimate of drug-likeness (QED) is 0.735.